The molecule has 5 heteroatoms. The van der Waals surface area contributed by atoms with E-state index in [1.54, 1.807) is 12.3 Å². The SMILES string of the molecule is Cc1cc(NC(=O)Cc2ccccn2)n[nH]1. The number of anilines is 1. The van der Waals surface area contributed by atoms with Crippen LogP contribution >= 0.6 is 0 Å². The number of nitrogens with one attached hydrogen (secondary N) is 2. The van der Waals surface area contributed by atoms with Crippen molar-refractivity contribution < 1.29 is 4.79 Å². The summed E-state index contributed by atoms with van der Waals surface area (Å²) in [7, 11) is 0. The molecule has 5 nitrogen and oxygen atoms in total. The molecule has 0 spiro atoms. The van der Waals surface area contributed by atoms with Gasteiger partial charge in [0.2, 0.25) is 5.91 Å². The Balaban J connectivity index is 1.95. The van der Waals surface area contributed by atoms with Gasteiger partial charge in [-0.3, -0.25) is 14.9 Å². The van der Waals surface area contributed by atoms with Gasteiger partial charge >= 0.3 is 0 Å². The quantitative estimate of drug-likeness (QED) is 0.812. The fourth-order valence-electron chi connectivity index (χ4n) is 1.34. The van der Waals surface area contributed by atoms with Crippen molar-refractivity contribution in [2.75, 3.05) is 5.32 Å². The summed E-state index contributed by atoms with van der Waals surface area (Å²) in [6.45, 7) is 1.88. The van der Waals surface area contributed by atoms with Gasteiger partial charge in [-0.05, 0) is 19.1 Å². The molecule has 0 aliphatic rings. The lowest BCUT2D eigenvalue weighted by molar-refractivity contribution is -0.115. The summed E-state index contributed by atoms with van der Waals surface area (Å²) in [6, 6.07) is 7.26. The molecule has 0 aliphatic heterocycles. The Kier molecular flexibility index (Phi) is 2.95. The van der Waals surface area contributed by atoms with E-state index < -0.39 is 0 Å². The largest absolute Gasteiger partial charge is 0.309 e. The van der Waals surface area contributed by atoms with Gasteiger partial charge in [-0.2, -0.15) is 5.10 Å². The van der Waals surface area contributed by atoms with Crippen LogP contribution in [0.5, 0.6) is 0 Å². The molecule has 1 amide bonds. The van der Waals surface area contributed by atoms with E-state index in [1.165, 1.54) is 0 Å². The number of amides is 1. The van der Waals surface area contributed by atoms with E-state index in [0.717, 1.165) is 11.4 Å². The van der Waals surface area contributed by atoms with Crippen LogP contribution in [0.4, 0.5) is 5.82 Å². The number of rotatable bonds is 3. The molecule has 0 unspecified atom stereocenters. The lowest BCUT2D eigenvalue weighted by atomic mass is 10.2. The minimum absolute atomic E-state index is 0.120. The first kappa shape index (κ1) is 10.4. The van der Waals surface area contributed by atoms with Crippen LogP contribution in [0.15, 0.2) is 30.5 Å². The van der Waals surface area contributed by atoms with Crippen LogP contribution in [0.25, 0.3) is 0 Å². The second-order valence-corrected chi connectivity index (χ2v) is 3.48. The van der Waals surface area contributed by atoms with E-state index in [1.807, 2.05) is 25.1 Å². The summed E-state index contributed by atoms with van der Waals surface area (Å²) >= 11 is 0. The topological polar surface area (TPSA) is 70.7 Å². The number of aromatic nitrogens is 3. The van der Waals surface area contributed by atoms with E-state index in [-0.39, 0.29) is 12.3 Å². The summed E-state index contributed by atoms with van der Waals surface area (Å²) < 4.78 is 0. The van der Waals surface area contributed by atoms with Crippen LogP contribution in [0.2, 0.25) is 0 Å². The Morgan fingerprint density at radius 3 is 3.00 bits per heavy atom. The standard InChI is InChI=1S/C11H12N4O/c1-8-6-10(15-14-8)13-11(16)7-9-4-2-3-5-12-9/h2-6H,7H2,1H3,(H2,13,14,15,16). The molecular weight excluding hydrogens is 204 g/mol. The molecule has 16 heavy (non-hydrogen) atoms. The van der Waals surface area contributed by atoms with Crippen LogP contribution in [-0.4, -0.2) is 21.1 Å². The smallest absolute Gasteiger partial charge is 0.231 e. The average Bonchev–Trinajstić information content (AvgIpc) is 2.65. The summed E-state index contributed by atoms with van der Waals surface area (Å²) in [5.74, 6) is 0.420. The first-order valence-corrected chi connectivity index (χ1v) is 4.96. The number of aryl methyl sites for hydroxylation is 1. The van der Waals surface area contributed by atoms with Gasteiger partial charge in [0.1, 0.15) is 0 Å². The third kappa shape index (κ3) is 2.66. The molecule has 0 bridgehead atoms. The van der Waals surface area contributed by atoms with Crippen LogP contribution in [0.3, 0.4) is 0 Å². The number of aromatic amines is 1. The summed E-state index contributed by atoms with van der Waals surface area (Å²) in [4.78, 5) is 15.7. The van der Waals surface area contributed by atoms with Gasteiger partial charge < -0.3 is 5.32 Å². The molecule has 2 rings (SSSR count). The second kappa shape index (κ2) is 4.57. The highest BCUT2D eigenvalue weighted by Gasteiger charge is 2.06. The zero-order chi connectivity index (χ0) is 11.4. The van der Waals surface area contributed by atoms with Gasteiger partial charge in [-0.1, -0.05) is 6.07 Å². The highest BCUT2D eigenvalue weighted by molar-refractivity contribution is 5.91. The molecule has 2 aromatic rings. The molecule has 0 saturated carbocycles. The molecule has 0 fully saturated rings. The highest BCUT2D eigenvalue weighted by Crippen LogP contribution is 2.04. The van der Waals surface area contributed by atoms with Gasteiger partial charge in [-0.15, -0.1) is 0 Å². The molecule has 2 aromatic heterocycles. The molecule has 0 radical (unpaired) electrons. The van der Waals surface area contributed by atoms with E-state index in [2.05, 4.69) is 20.5 Å². The molecule has 2 N–H and O–H groups in total. The zero-order valence-corrected chi connectivity index (χ0v) is 8.90. The Morgan fingerprint density at radius 1 is 1.50 bits per heavy atom. The Hall–Kier alpha value is -2.17. The van der Waals surface area contributed by atoms with E-state index in [9.17, 15) is 4.79 Å². The fourth-order valence-corrected chi connectivity index (χ4v) is 1.34. The third-order valence-electron chi connectivity index (χ3n) is 2.04. The molecule has 82 valence electrons. The lowest BCUT2D eigenvalue weighted by Crippen LogP contribution is -2.15. The summed E-state index contributed by atoms with van der Waals surface area (Å²) in [5, 5.41) is 9.37. The molecule has 2 heterocycles. The molecular formula is C11H12N4O. The number of pyridine rings is 1. The second-order valence-electron chi connectivity index (χ2n) is 3.48. The number of carbonyl (C=O) groups excluding carboxylic acids is 1. The molecule has 0 atom stereocenters. The van der Waals surface area contributed by atoms with Crippen LogP contribution in [0.1, 0.15) is 11.4 Å². The minimum atomic E-state index is -0.120. The minimum Gasteiger partial charge on any atom is -0.309 e. The van der Waals surface area contributed by atoms with Crippen molar-refractivity contribution >= 4 is 11.7 Å². The Bertz CT molecular complexity index is 478. The van der Waals surface area contributed by atoms with Crippen molar-refractivity contribution in [3.8, 4) is 0 Å². The zero-order valence-electron chi connectivity index (χ0n) is 8.90. The van der Waals surface area contributed by atoms with Crippen LogP contribution < -0.4 is 5.32 Å². The number of hydrogen-bond acceptors (Lipinski definition) is 3. The van der Waals surface area contributed by atoms with E-state index in [0.29, 0.717) is 5.82 Å². The maximum atomic E-state index is 11.6. The Morgan fingerprint density at radius 2 is 2.38 bits per heavy atom. The Labute approximate surface area is 92.9 Å². The predicted molar refractivity (Wildman–Crippen MR) is 59.9 cm³/mol. The lowest BCUT2D eigenvalue weighted by Gasteiger charge is -2.00. The monoisotopic (exact) mass is 216 g/mol. The fraction of sp³-hybridized carbons (Fsp3) is 0.182. The number of nitrogens with zero attached hydrogens (tertiary/aromatic N) is 2. The number of H-pyrrole nitrogens is 1. The molecule has 0 aliphatic carbocycles. The third-order valence-corrected chi connectivity index (χ3v) is 2.04. The van der Waals surface area contributed by atoms with E-state index in [4.69, 9.17) is 0 Å². The first-order chi connectivity index (χ1) is 7.74. The summed E-state index contributed by atoms with van der Waals surface area (Å²) in [5.41, 5.74) is 1.65. The summed E-state index contributed by atoms with van der Waals surface area (Å²) in [6.07, 6.45) is 1.92. The van der Waals surface area contributed by atoms with Gasteiger partial charge in [0, 0.05) is 23.7 Å². The van der Waals surface area contributed by atoms with Crippen LogP contribution in [-0.2, 0) is 11.2 Å². The first-order valence-electron chi connectivity index (χ1n) is 4.96. The van der Waals surface area contributed by atoms with Crippen molar-refractivity contribution in [1.29, 1.82) is 0 Å². The normalized spacial score (nSPS) is 10.1. The molecule has 0 saturated heterocycles. The van der Waals surface area contributed by atoms with Gasteiger partial charge in [-0.25, -0.2) is 0 Å². The van der Waals surface area contributed by atoms with Crippen LogP contribution in [0, 0.1) is 6.92 Å². The van der Waals surface area contributed by atoms with Crippen molar-refractivity contribution in [3.63, 3.8) is 0 Å². The van der Waals surface area contributed by atoms with Crippen molar-refractivity contribution in [2.45, 2.75) is 13.3 Å². The number of carbonyl (C=O) groups is 1. The number of hydrogen-bond donors (Lipinski definition) is 2. The van der Waals surface area contributed by atoms with Crippen molar-refractivity contribution in [3.05, 3.63) is 41.9 Å². The average molecular weight is 216 g/mol. The maximum Gasteiger partial charge on any atom is 0.231 e. The van der Waals surface area contributed by atoms with Gasteiger partial charge in [0.25, 0.3) is 0 Å². The van der Waals surface area contributed by atoms with Crippen molar-refractivity contribution in [1.82, 2.24) is 15.2 Å². The predicted octanol–water partition coefficient (Wildman–Crippen LogP) is 1.29. The van der Waals surface area contributed by atoms with Gasteiger partial charge in [0.15, 0.2) is 5.82 Å². The molecule has 0 aromatic carbocycles. The highest BCUT2D eigenvalue weighted by atomic mass is 16.1. The van der Waals surface area contributed by atoms with E-state index >= 15 is 0 Å². The van der Waals surface area contributed by atoms with Crippen molar-refractivity contribution in [2.24, 2.45) is 0 Å². The van der Waals surface area contributed by atoms with Gasteiger partial charge in [0.05, 0.1) is 6.42 Å². The maximum absolute atomic E-state index is 11.6.